The van der Waals surface area contributed by atoms with E-state index in [0.717, 1.165) is 37.7 Å². The van der Waals surface area contributed by atoms with Crippen LogP contribution in [0.4, 0.5) is 0 Å². The molecule has 3 unspecified atom stereocenters. The number of ether oxygens (including phenoxy) is 4. The van der Waals surface area contributed by atoms with Crippen LogP contribution in [0.3, 0.4) is 0 Å². The summed E-state index contributed by atoms with van der Waals surface area (Å²) in [7, 11) is 4.24. The Labute approximate surface area is 370 Å². The molecular formula is C46H59IN4O10. The molecular weight excluding hydrogens is 895 g/mol. The van der Waals surface area contributed by atoms with E-state index in [0.29, 0.717) is 76.9 Å². The number of aromatic nitrogens is 1. The minimum absolute atomic E-state index is 0.0944. The second-order valence-corrected chi connectivity index (χ2v) is 19.5. The number of aromatic amines is 1. The maximum absolute atomic E-state index is 15.4. The summed E-state index contributed by atoms with van der Waals surface area (Å²) >= 11 is 2.33. The quantitative estimate of drug-likeness (QED) is 0.103. The molecule has 61 heavy (non-hydrogen) atoms. The Kier molecular flexibility index (Phi) is 11.9. The minimum Gasteiger partial charge on any atom is -0.468 e. The van der Waals surface area contributed by atoms with Crippen molar-refractivity contribution in [3.8, 4) is 0 Å². The Bertz CT molecular complexity index is 2190. The molecule has 8 rings (SSSR count). The zero-order valence-corrected chi connectivity index (χ0v) is 38.1. The number of nitrogens with zero attached hydrogens (tertiary/aromatic N) is 3. The summed E-state index contributed by atoms with van der Waals surface area (Å²) in [5.41, 5.74) is 0.0579. The van der Waals surface area contributed by atoms with Gasteiger partial charge in [0.15, 0.2) is 6.10 Å². The summed E-state index contributed by atoms with van der Waals surface area (Å²) in [6.07, 6.45) is 8.20. The molecule has 1 aliphatic carbocycles. The number of hydrogen-bond acceptors (Lipinski definition) is 12. The fourth-order valence-corrected chi connectivity index (χ4v) is 13.3. The maximum Gasteiger partial charge on any atom is 0.338 e. The third-order valence-electron chi connectivity index (χ3n) is 15.3. The first-order valence-electron chi connectivity index (χ1n) is 21.6. The van der Waals surface area contributed by atoms with E-state index < -0.39 is 70.0 Å². The van der Waals surface area contributed by atoms with Crippen molar-refractivity contribution in [3.05, 3.63) is 68.6 Å². The molecule has 3 fully saturated rings. The van der Waals surface area contributed by atoms with Crippen LogP contribution in [0.15, 0.2) is 53.8 Å². The van der Waals surface area contributed by atoms with E-state index in [4.69, 9.17) is 18.9 Å². The van der Waals surface area contributed by atoms with Crippen molar-refractivity contribution in [1.82, 2.24) is 19.7 Å². The average Bonchev–Trinajstić information content (AvgIpc) is 3.93. The number of benzene rings is 1. The first-order valence-corrected chi connectivity index (χ1v) is 22.6. The predicted octanol–water partition coefficient (Wildman–Crippen LogP) is 4.01. The molecule has 1 spiro atoms. The molecule has 3 N–H and O–H groups in total. The summed E-state index contributed by atoms with van der Waals surface area (Å²) < 4.78 is 24.4. The lowest BCUT2D eigenvalue weighted by atomic mass is 9.56. The van der Waals surface area contributed by atoms with Gasteiger partial charge in [0.1, 0.15) is 11.5 Å². The van der Waals surface area contributed by atoms with Gasteiger partial charge in [0.05, 0.1) is 25.9 Å². The number of aliphatic hydroxyl groups is 2. The topological polar surface area (TPSA) is 171 Å². The van der Waals surface area contributed by atoms with E-state index >= 15 is 4.79 Å². The molecule has 0 saturated carbocycles. The summed E-state index contributed by atoms with van der Waals surface area (Å²) in [4.78, 5) is 64.7. The van der Waals surface area contributed by atoms with Gasteiger partial charge < -0.3 is 39.0 Å². The molecule has 1 aromatic heterocycles. The van der Waals surface area contributed by atoms with E-state index in [1.165, 1.54) is 21.1 Å². The Balaban J connectivity index is 1.38. The highest BCUT2D eigenvalue weighted by Crippen LogP contribution is 2.62. The van der Waals surface area contributed by atoms with E-state index in [9.17, 15) is 24.6 Å². The molecule has 0 radical (unpaired) electrons. The highest BCUT2D eigenvalue weighted by molar-refractivity contribution is 14.1. The molecule has 2 bridgehead atoms. The van der Waals surface area contributed by atoms with E-state index in [1.807, 2.05) is 32.1 Å². The van der Waals surface area contributed by atoms with Crippen LogP contribution in [-0.2, 0) is 50.0 Å². The number of allylic oxidation sites excluding steroid dienone is 1. The Morgan fingerprint density at radius 2 is 1.85 bits per heavy atom. The van der Waals surface area contributed by atoms with Gasteiger partial charge in [-0.3, -0.25) is 24.2 Å². The molecule has 1 aromatic carbocycles. The molecule has 5 aliphatic heterocycles. The van der Waals surface area contributed by atoms with Gasteiger partial charge >= 0.3 is 17.9 Å². The molecule has 14 nitrogen and oxygen atoms in total. The Hall–Kier alpha value is -3.61. The number of amides is 1. The van der Waals surface area contributed by atoms with Crippen LogP contribution in [0, 0.1) is 26.2 Å². The summed E-state index contributed by atoms with van der Waals surface area (Å²) in [5.74, 6) is -2.74. The molecule has 6 heterocycles. The number of hydrogen-bond donors (Lipinski definition) is 3. The molecule has 330 valence electrons. The van der Waals surface area contributed by atoms with Crippen molar-refractivity contribution in [2.75, 3.05) is 60.6 Å². The average molecular weight is 955 g/mol. The first-order chi connectivity index (χ1) is 29.2. The van der Waals surface area contributed by atoms with Gasteiger partial charge in [-0.2, -0.15) is 0 Å². The number of carbonyl (C=O) groups excluding carboxylic acids is 4. The highest BCUT2D eigenvalue weighted by atomic mass is 127. The van der Waals surface area contributed by atoms with E-state index in [-0.39, 0.29) is 12.5 Å². The second kappa shape index (κ2) is 16.5. The van der Waals surface area contributed by atoms with Crippen LogP contribution in [0.5, 0.6) is 0 Å². The normalized spacial score (nSPS) is 35.4. The van der Waals surface area contributed by atoms with E-state index in [2.05, 4.69) is 61.6 Å². The molecule has 3 saturated heterocycles. The lowest BCUT2D eigenvalue weighted by Crippen LogP contribution is -2.63. The number of nitrogens with one attached hydrogen (secondary N) is 1. The number of piperidine rings is 1. The van der Waals surface area contributed by atoms with Crippen molar-refractivity contribution >= 4 is 57.8 Å². The number of likely N-dealkylation sites (tertiary alicyclic amines) is 1. The number of methoxy groups -OCH3 is 3. The number of esters is 3. The van der Waals surface area contributed by atoms with Crippen LogP contribution >= 0.6 is 22.6 Å². The standard InChI is InChI=1S/C46H59IN4O10/c1-7-43(57)21-28-22-46(42(56)60-6,38-30(12-16-49(23-28)24-43)31-18-29(47)10-11-34(31)48-38)33-19-32-35(20-36(33)58-4)51(26-52)25-45(32)14-17-50-15-9-13-44(8-2,41(45)50)39(61-27(3)53)37(54)40(55)59-5/h9-11,13,18-20,26,28,33,36-37,39,41,48,54,57H,7-8,12,14-17,21-25H2,1-6H3/t28-,33?,36?,37-,39-,41-,43-,44-,45+,46-/m0/s1. The van der Waals surface area contributed by atoms with Crippen LogP contribution in [0.1, 0.15) is 64.1 Å². The zero-order chi connectivity index (χ0) is 43.6. The number of H-pyrrole nitrogens is 1. The van der Waals surface area contributed by atoms with E-state index in [1.54, 1.807) is 12.0 Å². The number of halogens is 1. The van der Waals surface area contributed by atoms with Crippen molar-refractivity contribution in [2.45, 2.75) is 94.7 Å². The van der Waals surface area contributed by atoms with Crippen LogP contribution in [-0.4, -0.2) is 145 Å². The zero-order valence-electron chi connectivity index (χ0n) is 35.9. The highest BCUT2D eigenvalue weighted by Gasteiger charge is 2.67. The Morgan fingerprint density at radius 3 is 2.52 bits per heavy atom. The summed E-state index contributed by atoms with van der Waals surface area (Å²) in [6.45, 7) is 8.64. The second-order valence-electron chi connectivity index (χ2n) is 18.2. The summed E-state index contributed by atoms with van der Waals surface area (Å²) in [5, 5.41) is 24.7. The predicted molar refractivity (Wildman–Crippen MR) is 234 cm³/mol. The summed E-state index contributed by atoms with van der Waals surface area (Å²) in [6, 6.07) is 5.80. The molecule has 6 aliphatic rings. The van der Waals surface area contributed by atoms with Gasteiger partial charge in [-0.15, -0.1) is 0 Å². The third-order valence-corrected chi connectivity index (χ3v) is 15.9. The number of rotatable bonds is 10. The van der Waals surface area contributed by atoms with Gasteiger partial charge in [-0.1, -0.05) is 32.1 Å². The SMILES string of the molecule is CC[C@]1(O)C[C@@H]2CN(CCc3c([nH]c4ccc(I)cc34)[C@@](C(=O)OC)(C3C=C4C(=CC3OC)N(C=O)C[C@]43CCN4CC=C[C@@](CC)([C@@H](OC(C)=O)[C@H](O)C(=O)OC)[C@H]43)C2)C1. The number of carbonyl (C=O) groups is 4. The van der Waals surface area contributed by atoms with Crippen molar-refractivity contribution in [2.24, 2.45) is 22.7 Å². The van der Waals surface area contributed by atoms with Gasteiger partial charge in [0, 0.05) is 95.4 Å². The maximum atomic E-state index is 15.4. The smallest absolute Gasteiger partial charge is 0.338 e. The largest absolute Gasteiger partial charge is 0.468 e. The number of aliphatic hydroxyl groups excluding tert-OH is 1. The van der Waals surface area contributed by atoms with Crippen LogP contribution < -0.4 is 0 Å². The van der Waals surface area contributed by atoms with Crippen molar-refractivity contribution in [1.29, 1.82) is 0 Å². The lowest BCUT2D eigenvalue weighted by Gasteiger charge is -2.53. The lowest BCUT2D eigenvalue weighted by molar-refractivity contribution is -0.181. The van der Waals surface area contributed by atoms with Crippen molar-refractivity contribution in [3.63, 3.8) is 0 Å². The van der Waals surface area contributed by atoms with Gasteiger partial charge in [-0.05, 0) is 109 Å². The monoisotopic (exact) mass is 954 g/mol. The van der Waals surface area contributed by atoms with Crippen LogP contribution in [0.2, 0.25) is 0 Å². The van der Waals surface area contributed by atoms with Gasteiger partial charge in [0.25, 0.3) is 0 Å². The van der Waals surface area contributed by atoms with Crippen LogP contribution in [0.25, 0.3) is 10.9 Å². The van der Waals surface area contributed by atoms with Gasteiger partial charge in [0.2, 0.25) is 6.41 Å². The molecule has 11 atom stereocenters. The molecule has 1 amide bonds. The van der Waals surface area contributed by atoms with Crippen molar-refractivity contribution < 1.29 is 48.3 Å². The fourth-order valence-electron chi connectivity index (χ4n) is 12.8. The first kappa shape index (κ1) is 44.0. The number of fused-ring (bicyclic) bond motifs is 9. The minimum atomic E-state index is -1.79. The fraction of sp³-hybridized carbons (Fsp3) is 0.609. The third kappa shape index (κ3) is 6.91. The Morgan fingerprint density at radius 1 is 1.07 bits per heavy atom. The molecule has 2 aromatic rings. The van der Waals surface area contributed by atoms with Gasteiger partial charge in [-0.25, -0.2) is 4.79 Å². The molecule has 15 heteroatoms.